The Morgan fingerprint density at radius 3 is 2.57 bits per heavy atom. The lowest BCUT2D eigenvalue weighted by Gasteiger charge is -2.37. The van der Waals surface area contributed by atoms with E-state index in [2.05, 4.69) is 48.2 Å². The summed E-state index contributed by atoms with van der Waals surface area (Å²) >= 11 is 0. The summed E-state index contributed by atoms with van der Waals surface area (Å²) in [6.07, 6.45) is 2.25. The van der Waals surface area contributed by atoms with Crippen molar-refractivity contribution >= 4 is 22.5 Å². The molecule has 1 N–H and O–H groups in total. The van der Waals surface area contributed by atoms with Crippen molar-refractivity contribution in [3.63, 3.8) is 0 Å². The van der Waals surface area contributed by atoms with E-state index >= 15 is 0 Å². The Morgan fingerprint density at radius 2 is 1.80 bits per heavy atom. The molecule has 1 amide bonds. The van der Waals surface area contributed by atoms with Crippen LogP contribution in [0.5, 0.6) is 5.88 Å². The van der Waals surface area contributed by atoms with Crippen molar-refractivity contribution in [2.75, 3.05) is 63.8 Å². The molecule has 0 atom stereocenters. The second-order valence-electron chi connectivity index (χ2n) is 8.32. The molecule has 1 aromatic carbocycles. The summed E-state index contributed by atoms with van der Waals surface area (Å²) in [4.78, 5) is 27.5. The molecule has 0 spiro atoms. The number of piperazine rings is 1. The van der Waals surface area contributed by atoms with Crippen molar-refractivity contribution in [1.82, 2.24) is 25.1 Å². The van der Waals surface area contributed by atoms with Crippen LogP contribution in [0.1, 0.15) is 20.3 Å². The number of anilines is 1. The minimum atomic E-state index is 0.0772. The SMILES string of the molecule is CC(C)Oc1ncnc2ccc(N3CCN(CCN4CCNC(=O)CC4)CC3)cc12. The number of carbonyl (C=O) groups excluding carboxylic acids is 1. The third-order valence-electron chi connectivity index (χ3n) is 5.80. The van der Waals surface area contributed by atoms with Crippen LogP contribution in [-0.2, 0) is 4.79 Å². The summed E-state index contributed by atoms with van der Waals surface area (Å²) < 4.78 is 5.88. The smallest absolute Gasteiger partial charge is 0.224 e. The molecule has 0 bridgehead atoms. The van der Waals surface area contributed by atoms with Crippen LogP contribution in [0.25, 0.3) is 10.9 Å². The maximum atomic E-state index is 11.5. The molecule has 0 radical (unpaired) electrons. The van der Waals surface area contributed by atoms with Gasteiger partial charge in [0.15, 0.2) is 0 Å². The molecule has 0 unspecified atom stereocenters. The van der Waals surface area contributed by atoms with Crippen LogP contribution < -0.4 is 15.0 Å². The summed E-state index contributed by atoms with van der Waals surface area (Å²) in [6, 6.07) is 6.36. The fraction of sp³-hybridized carbons (Fsp3) is 0.591. The van der Waals surface area contributed by atoms with Crippen molar-refractivity contribution in [3.05, 3.63) is 24.5 Å². The Morgan fingerprint density at radius 1 is 1.03 bits per heavy atom. The van der Waals surface area contributed by atoms with Crippen LogP contribution in [0.3, 0.4) is 0 Å². The Hall–Kier alpha value is -2.45. The Bertz CT molecular complexity index is 866. The van der Waals surface area contributed by atoms with Gasteiger partial charge in [-0.1, -0.05) is 0 Å². The van der Waals surface area contributed by atoms with Gasteiger partial charge in [0.25, 0.3) is 0 Å². The number of benzene rings is 1. The van der Waals surface area contributed by atoms with Gasteiger partial charge in [-0.05, 0) is 32.0 Å². The first-order valence-corrected chi connectivity index (χ1v) is 11.0. The first kappa shape index (κ1) is 20.8. The molecule has 8 heteroatoms. The molecule has 30 heavy (non-hydrogen) atoms. The van der Waals surface area contributed by atoms with Crippen LogP contribution in [0.4, 0.5) is 5.69 Å². The van der Waals surface area contributed by atoms with Gasteiger partial charge in [-0.2, -0.15) is 0 Å². The second kappa shape index (κ2) is 9.57. The number of aromatic nitrogens is 2. The minimum Gasteiger partial charge on any atom is -0.474 e. The predicted molar refractivity (Wildman–Crippen MR) is 118 cm³/mol. The average molecular weight is 413 g/mol. The van der Waals surface area contributed by atoms with E-state index in [1.54, 1.807) is 6.33 Å². The van der Waals surface area contributed by atoms with E-state index in [9.17, 15) is 4.79 Å². The van der Waals surface area contributed by atoms with E-state index in [0.717, 1.165) is 69.8 Å². The lowest BCUT2D eigenvalue weighted by Crippen LogP contribution is -2.48. The van der Waals surface area contributed by atoms with Crippen LogP contribution in [0, 0.1) is 0 Å². The highest BCUT2D eigenvalue weighted by Gasteiger charge is 2.20. The number of amides is 1. The fourth-order valence-electron chi connectivity index (χ4n) is 4.08. The number of fused-ring (bicyclic) bond motifs is 1. The van der Waals surface area contributed by atoms with Gasteiger partial charge in [0.2, 0.25) is 11.8 Å². The molecule has 162 valence electrons. The van der Waals surface area contributed by atoms with Gasteiger partial charge in [0, 0.05) is 71.0 Å². The third-order valence-corrected chi connectivity index (χ3v) is 5.80. The van der Waals surface area contributed by atoms with Crippen LogP contribution in [0.2, 0.25) is 0 Å². The van der Waals surface area contributed by atoms with Crippen LogP contribution in [0.15, 0.2) is 24.5 Å². The molecule has 2 aliphatic rings. The molecule has 3 heterocycles. The third kappa shape index (κ3) is 5.17. The molecular weight excluding hydrogens is 380 g/mol. The topological polar surface area (TPSA) is 73.8 Å². The lowest BCUT2D eigenvalue weighted by molar-refractivity contribution is -0.120. The van der Waals surface area contributed by atoms with Gasteiger partial charge in [-0.3, -0.25) is 14.6 Å². The maximum Gasteiger partial charge on any atom is 0.224 e. The van der Waals surface area contributed by atoms with Crippen LogP contribution >= 0.6 is 0 Å². The molecule has 2 saturated heterocycles. The van der Waals surface area contributed by atoms with Gasteiger partial charge in [-0.25, -0.2) is 9.97 Å². The maximum absolute atomic E-state index is 11.5. The molecule has 8 nitrogen and oxygen atoms in total. The van der Waals surface area contributed by atoms with E-state index in [1.165, 1.54) is 5.69 Å². The monoisotopic (exact) mass is 412 g/mol. The fourth-order valence-corrected chi connectivity index (χ4v) is 4.08. The standard InChI is InChI=1S/C22H32N6O2/c1-17(2)30-22-19-15-18(3-4-20(19)24-16-25-22)28-13-11-27(12-14-28)10-9-26-7-5-21(29)23-6-8-26/h3-4,15-17H,5-14H2,1-2H3,(H,23,29). The molecule has 4 rings (SSSR count). The summed E-state index contributed by atoms with van der Waals surface area (Å²) in [5.41, 5.74) is 2.11. The van der Waals surface area contributed by atoms with Gasteiger partial charge < -0.3 is 15.0 Å². The van der Waals surface area contributed by atoms with Crippen molar-refractivity contribution in [2.24, 2.45) is 0 Å². The van der Waals surface area contributed by atoms with Gasteiger partial charge in [-0.15, -0.1) is 0 Å². The summed E-state index contributed by atoms with van der Waals surface area (Å²) in [7, 11) is 0. The lowest BCUT2D eigenvalue weighted by atomic mass is 10.2. The van der Waals surface area contributed by atoms with Gasteiger partial charge in [0.1, 0.15) is 6.33 Å². The van der Waals surface area contributed by atoms with E-state index in [0.29, 0.717) is 12.3 Å². The zero-order valence-corrected chi connectivity index (χ0v) is 18.0. The van der Waals surface area contributed by atoms with E-state index in [4.69, 9.17) is 4.74 Å². The molecule has 2 aliphatic heterocycles. The molecule has 1 aromatic heterocycles. The number of nitrogens with one attached hydrogen (secondary N) is 1. The predicted octanol–water partition coefficient (Wildman–Crippen LogP) is 1.36. The highest BCUT2D eigenvalue weighted by molar-refractivity contribution is 5.86. The van der Waals surface area contributed by atoms with Crippen molar-refractivity contribution in [2.45, 2.75) is 26.4 Å². The highest BCUT2D eigenvalue weighted by atomic mass is 16.5. The van der Waals surface area contributed by atoms with Crippen molar-refractivity contribution < 1.29 is 9.53 Å². The molecule has 0 saturated carbocycles. The van der Waals surface area contributed by atoms with Gasteiger partial charge >= 0.3 is 0 Å². The average Bonchev–Trinajstić information content (AvgIpc) is 2.96. The van der Waals surface area contributed by atoms with Gasteiger partial charge in [0.05, 0.1) is 17.0 Å². The van der Waals surface area contributed by atoms with E-state index in [1.807, 2.05) is 13.8 Å². The molecule has 2 aromatic rings. The number of ether oxygens (including phenoxy) is 1. The van der Waals surface area contributed by atoms with E-state index < -0.39 is 0 Å². The Kier molecular flexibility index (Phi) is 6.64. The first-order valence-electron chi connectivity index (χ1n) is 11.0. The summed E-state index contributed by atoms with van der Waals surface area (Å²) in [5.74, 6) is 0.828. The molecule has 2 fully saturated rings. The quantitative estimate of drug-likeness (QED) is 0.768. The van der Waals surface area contributed by atoms with Crippen LogP contribution in [-0.4, -0.2) is 90.7 Å². The second-order valence-corrected chi connectivity index (χ2v) is 8.32. The largest absolute Gasteiger partial charge is 0.474 e. The first-order chi connectivity index (χ1) is 14.6. The Balaban J connectivity index is 1.33. The normalized spacial score (nSPS) is 19.2. The molecule has 0 aliphatic carbocycles. The number of rotatable bonds is 6. The highest BCUT2D eigenvalue weighted by Crippen LogP contribution is 2.28. The molecular formula is C22H32N6O2. The Labute approximate surface area is 178 Å². The van der Waals surface area contributed by atoms with E-state index in [-0.39, 0.29) is 12.0 Å². The number of nitrogens with zero attached hydrogens (tertiary/aromatic N) is 5. The minimum absolute atomic E-state index is 0.0772. The number of carbonyl (C=O) groups is 1. The van der Waals surface area contributed by atoms with Crippen molar-refractivity contribution in [3.8, 4) is 5.88 Å². The zero-order valence-electron chi connectivity index (χ0n) is 18.0. The zero-order chi connectivity index (χ0) is 20.9. The number of hydrogen-bond donors (Lipinski definition) is 1. The summed E-state index contributed by atoms with van der Waals surface area (Å²) in [5, 5.41) is 3.91. The van der Waals surface area contributed by atoms with Crippen molar-refractivity contribution in [1.29, 1.82) is 0 Å². The number of hydrogen-bond acceptors (Lipinski definition) is 7. The summed E-state index contributed by atoms with van der Waals surface area (Å²) in [6.45, 7) is 12.8.